The Balaban J connectivity index is 2.42. The number of nitrogens with two attached hydrogens (primary N) is 1. The zero-order valence-corrected chi connectivity index (χ0v) is 8.52. The number of amides is 1. The fourth-order valence-corrected chi connectivity index (χ4v) is 2.05. The average Bonchev–Trinajstić information content (AvgIpc) is 2.66. The summed E-state index contributed by atoms with van der Waals surface area (Å²) in [6, 6.07) is 7.98. The fraction of sp³-hybridized carbons (Fsp3) is 0.250. The van der Waals surface area contributed by atoms with Crippen LogP contribution in [0.25, 0.3) is 0 Å². The maximum atomic E-state index is 11.7. The molecule has 0 aliphatic carbocycles. The van der Waals surface area contributed by atoms with Gasteiger partial charge in [-0.3, -0.25) is 4.79 Å². The van der Waals surface area contributed by atoms with Gasteiger partial charge >= 0.3 is 0 Å². The smallest absolute Gasteiger partial charge is 0.250 e. The molecule has 0 spiro atoms. The number of benzene rings is 1. The maximum absolute atomic E-state index is 11.7. The van der Waals surface area contributed by atoms with Crippen LogP contribution in [0.2, 0.25) is 0 Å². The van der Waals surface area contributed by atoms with Gasteiger partial charge in [-0.2, -0.15) is 0 Å². The number of carbonyl (C=O) groups excluding carboxylic acids is 1. The van der Waals surface area contributed by atoms with E-state index in [1.54, 1.807) is 4.90 Å². The summed E-state index contributed by atoms with van der Waals surface area (Å²) in [5.41, 5.74) is 7.82. The summed E-state index contributed by atoms with van der Waals surface area (Å²) >= 11 is 0. The first kappa shape index (κ1) is 9.93. The number of nitrogens with zero attached hydrogens (tertiary/aromatic N) is 1. The molecule has 78 valence electrons. The van der Waals surface area contributed by atoms with E-state index >= 15 is 0 Å². The molecule has 15 heavy (non-hydrogen) atoms. The van der Waals surface area contributed by atoms with Crippen molar-refractivity contribution < 1.29 is 4.79 Å². The highest BCUT2D eigenvalue weighted by molar-refractivity contribution is 6.03. The molecule has 0 fully saturated rings. The molecular weight excluding hydrogens is 188 g/mol. The summed E-state index contributed by atoms with van der Waals surface area (Å²) in [5.74, 6) is -0.0737. The highest BCUT2D eigenvalue weighted by Crippen LogP contribution is 2.31. The standard InChI is InChI=1S/C12H14N2O/c1-2-12(15)14-10(8-13)7-9-5-3-4-6-11(9)14/h2-6,10H,1,7-8,13H2. The lowest BCUT2D eigenvalue weighted by atomic mass is 10.1. The molecule has 0 bridgehead atoms. The zero-order chi connectivity index (χ0) is 10.8. The number of anilines is 1. The van der Waals surface area contributed by atoms with Crippen molar-refractivity contribution in [2.24, 2.45) is 5.73 Å². The van der Waals surface area contributed by atoms with E-state index in [9.17, 15) is 4.79 Å². The van der Waals surface area contributed by atoms with Gasteiger partial charge in [-0.15, -0.1) is 0 Å². The first-order valence-corrected chi connectivity index (χ1v) is 5.01. The van der Waals surface area contributed by atoms with Crippen molar-refractivity contribution in [1.29, 1.82) is 0 Å². The van der Waals surface area contributed by atoms with Gasteiger partial charge in [0.2, 0.25) is 0 Å². The molecular formula is C12H14N2O. The molecule has 1 aromatic rings. The van der Waals surface area contributed by atoms with Crippen molar-refractivity contribution in [3.8, 4) is 0 Å². The highest BCUT2D eigenvalue weighted by Gasteiger charge is 2.30. The summed E-state index contributed by atoms with van der Waals surface area (Å²) in [6.45, 7) is 4.00. The lowest BCUT2D eigenvalue weighted by Crippen LogP contribution is -2.41. The summed E-state index contributed by atoms with van der Waals surface area (Å²) in [6.07, 6.45) is 2.18. The summed E-state index contributed by atoms with van der Waals surface area (Å²) in [5, 5.41) is 0. The molecule has 1 heterocycles. The molecule has 1 amide bonds. The van der Waals surface area contributed by atoms with E-state index in [1.165, 1.54) is 11.6 Å². The van der Waals surface area contributed by atoms with Crippen LogP contribution in [0.5, 0.6) is 0 Å². The van der Waals surface area contributed by atoms with E-state index in [1.807, 2.05) is 24.3 Å². The molecule has 3 heteroatoms. The molecule has 1 unspecified atom stereocenters. The molecule has 0 saturated heterocycles. The van der Waals surface area contributed by atoms with Crippen molar-refractivity contribution >= 4 is 11.6 Å². The lowest BCUT2D eigenvalue weighted by Gasteiger charge is -2.22. The number of para-hydroxylation sites is 1. The Morgan fingerprint density at radius 1 is 1.60 bits per heavy atom. The predicted molar refractivity (Wildman–Crippen MR) is 60.7 cm³/mol. The molecule has 0 saturated carbocycles. The maximum Gasteiger partial charge on any atom is 0.250 e. The van der Waals surface area contributed by atoms with Crippen LogP contribution >= 0.6 is 0 Å². The van der Waals surface area contributed by atoms with Crippen molar-refractivity contribution in [2.45, 2.75) is 12.5 Å². The number of hydrogen-bond acceptors (Lipinski definition) is 2. The quantitative estimate of drug-likeness (QED) is 0.730. The van der Waals surface area contributed by atoms with E-state index < -0.39 is 0 Å². The molecule has 3 nitrogen and oxygen atoms in total. The number of hydrogen-bond donors (Lipinski definition) is 1. The second kappa shape index (κ2) is 3.87. The van der Waals surface area contributed by atoms with Crippen molar-refractivity contribution in [3.05, 3.63) is 42.5 Å². The third-order valence-corrected chi connectivity index (χ3v) is 2.76. The minimum Gasteiger partial charge on any atom is -0.328 e. The Labute approximate surface area is 89.2 Å². The van der Waals surface area contributed by atoms with Gasteiger partial charge < -0.3 is 10.6 Å². The van der Waals surface area contributed by atoms with Crippen LogP contribution in [0.4, 0.5) is 5.69 Å². The van der Waals surface area contributed by atoms with Crippen molar-refractivity contribution in [1.82, 2.24) is 0 Å². The van der Waals surface area contributed by atoms with Gasteiger partial charge in [0, 0.05) is 12.2 Å². The van der Waals surface area contributed by atoms with Gasteiger partial charge in [0.1, 0.15) is 0 Å². The predicted octanol–water partition coefficient (Wildman–Crippen LogP) is 1.09. The van der Waals surface area contributed by atoms with Gasteiger partial charge in [-0.1, -0.05) is 24.8 Å². The van der Waals surface area contributed by atoms with E-state index in [4.69, 9.17) is 5.73 Å². The molecule has 2 N–H and O–H groups in total. The third kappa shape index (κ3) is 1.55. The highest BCUT2D eigenvalue weighted by atomic mass is 16.2. The first-order valence-electron chi connectivity index (χ1n) is 5.01. The normalized spacial score (nSPS) is 18.7. The molecule has 1 aliphatic rings. The summed E-state index contributed by atoms with van der Waals surface area (Å²) in [4.78, 5) is 13.4. The molecule has 1 aliphatic heterocycles. The summed E-state index contributed by atoms with van der Waals surface area (Å²) < 4.78 is 0. The second-order valence-electron chi connectivity index (χ2n) is 3.63. The van der Waals surface area contributed by atoms with Crippen molar-refractivity contribution in [3.63, 3.8) is 0 Å². The van der Waals surface area contributed by atoms with Gasteiger partial charge in [-0.05, 0) is 24.1 Å². The molecule has 1 atom stereocenters. The number of rotatable bonds is 2. The fourth-order valence-electron chi connectivity index (χ4n) is 2.05. The minimum absolute atomic E-state index is 0.0737. The Kier molecular flexibility index (Phi) is 2.56. The van der Waals surface area contributed by atoms with Crippen LogP contribution < -0.4 is 10.6 Å². The van der Waals surface area contributed by atoms with E-state index in [-0.39, 0.29) is 11.9 Å². The van der Waals surface area contributed by atoms with Crippen LogP contribution in [0.1, 0.15) is 5.56 Å². The average molecular weight is 202 g/mol. The summed E-state index contributed by atoms with van der Waals surface area (Å²) in [7, 11) is 0. The molecule has 0 aromatic heterocycles. The topological polar surface area (TPSA) is 46.3 Å². The van der Waals surface area contributed by atoms with E-state index in [0.717, 1.165) is 12.1 Å². The Hall–Kier alpha value is -1.61. The largest absolute Gasteiger partial charge is 0.328 e. The second-order valence-corrected chi connectivity index (χ2v) is 3.63. The monoisotopic (exact) mass is 202 g/mol. The zero-order valence-electron chi connectivity index (χ0n) is 8.52. The Bertz CT molecular complexity index is 400. The minimum atomic E-state index is -0.0737. The van der Waals surface area contributed by atoms with Crippen LogP contribution in [-0.2, 0) is 11.2 Å². The molecule has 1 aromatic carbocycles. The van der Waals surface area contributed by atoms with Gasteiger partial charge in [0.05, 0.1) is 6.04 Å². The molecule has 0 radical (unpaired) electrons. The van der Waals surface area contributed by atoms with Crippen LogP contribution in [0.3, 0.4) is 0 Å². The van der Waals surface area contributed by atoms with Gasteiger partial charge in [0.15, 0.2) is 0 Å². The number of fused-ring (bicyclic) bond motifs is 1. The SMILES string of the molecule is C=CC(=O)N1c2ccccc2CC1CN. The first-order chi connectivity index (χ1) is 7.27. The van der Waals surface area contributed by atoms with Crippen LogP contribution in [0.15, 0.2) is 36.9 Å². The Morgan fingerprint density at radius 2 is 2.33 bits per heavy atom. The van der Waals surface area contributed by atoms with E-state index in [0.29, 0.717) is 6.54 Å². The van der Waals surface area contributed by atoms with Crippen molar-refractivity contribution in [2.75, 3.05) is 11.4 Å². The molecule has 2 rings (SSSR count). The van der Waals surface area contributed by atoms with Crippen LogP contribution in [0, 0.1) is 0 Å². The van der Waals surface area contributed by atoms with E-state index in [2.05, 4.69) is 6.58 Å². The van der Waals surface area contributed by atoms with Crippen LogP contribution in [-0.4, -0.2) is 18.5 Å². The van der Waals surface area contributed by atoms with Gasteiger partial charge in [0.25, 0.3) is 5.91 Å². The number of carbonyl (C=O) groups is 1. The Morgan fingerprint density at radius 3 is 3.00 bits per heavy atom. The van der Waals surface area contributed by atoms with Gasteiger partial charge in [-0.25, -0.2) is 0 Å². The third-order valence-electron chi connectivity index (χ3n) is 2.76. The lowest BCUT2D eigenvalue weighted by molar-refractivity contribution is -0.114.